The van der Waals surface area contributed by atoms with Crippen molar-refractivity contribution < 1.29 is 30.0 Å². The number of ether oxygens (including phenoxy) is 1. The number of aliphatic hydroxyl groups is 3. The first-order valence-electron chi connectivity index (χ1n) is 5.85. The van der Waals surface area contributed by atoms with Crippen LogP contribution in [0.5, 0.6) is 0 Å². The van der Waals surface area contributed by atoms with Crippen molar-refractivity contribution >= 4 is 5.97 Å². The van der Waals surface area contributed by atoms with Crippen molar-refractivity contribution in [2.75, 3.05) is 0 Å². The molecule has 0 saturated carbocycles. The molecule has 1 aliphatic heterocycles. The van der Waals surface area contributed by atoms with E-state index in [0.29, 0.717) is 0 Å². The largest absolute Gasteiger partial charge is 0.477 e. The second-order valence-electron chi connectivity index (χ2n) is 4.58. The molecule has 1 rings (SSSR count). The first-order chi connectivity index (χ1) is 9.76. The normalized spacial score (nSPS) is 35.0. The maximum Gasteiger partial charge on any atom is 0.364 e. The number of carboxylic acids is 1. The smallest absolute Gasteiger partial charge is 0.364 e. The number of rotatable bonds is 5. The average Bonchev–Trinajstić information content (AvgIpc) is 2.38. The minimum absolute atomic E-state index is 0.745. The third kappa shape index (κ3) is 3.52. The number of nitrogens with zero attached hydrogens (tertiary/aromatic N) is 6. The van der Waals surface area contributed by atoms with Gasteiger partial charge in [-0.25, -0.2) is 4.79 Å². The molecular formula is C9H14N6O6. The van der Waals surface area contributed by atoms with E-state index >= 15 is 0 Å². The molecule has 1 aliphatic rings. The minimum Gasteiger partial charge on any atom is -0.477 e. The lowest BCUT2D eigenvalue weighted by Gasteiger charge is -2.43. The molecule has 6 atom stereocenters. The summed E-state index contributed by atoms with van der Waals surface area (Å²) in [5, 5.41) is 44.8. The summed E-state index contributed by atoms with van der Waals surface area (Å²) >= 11 is 0. The van der Waals surface area contributed by atoms with Crippen molar-refractivity contribution in [3.63, 3.8) is 0 Å². The van der Waals surface area contributed by atoms with Crippen LogP contribution in [-0.2, 0) is 9.53 Å². The van der Waals surface area contributed by atoms with Crippen molar-refractivity contribution in [1.82, 2.24) is 0 Å². The highest BCUT2D eigenvalue weighted by molar-refractivity contribution is 5.75. The van der Waals surface area contributed by atoms with E-state index in [-0.39, 0.29) is 0 Å². The first kappa shape index (κ1) is 17.0. The molecule has 21 heavy (non-hydrogen) atoms. The Kier molecular flexibility index (Phi) is 5.33. The number of aliphatic carboxylic acids is 1. The van der Waals surface area contributed by atoms with Gasteiger partial charge in [0.1, 0.15) is 0 Å². The van der Waals surface area contributed by atoms with Gasteiger partial charge in [0.05, 0.1) is 30.4 Å². The highest BCUT2D eigenvalue weighted by Crippen LogP contribution is 2.33. The summed E-state index contributed by atoms with van der Waals surface area (Å²) in [6.45, 7) is 1.23. The molecule has 0 amide bonds. The third-order valence-electron chi connectivity index (χ3n) is 3.08. The molecule has 0 aromatic rings. The van der Waals surface area contributed by atoms with Gasteiger partial charge in [-0.15, -0.1) is 0 Å². The Morgan fingerprint density at radius 3 is 2.52 bits per heavy atom. The summed E-state index contributed by atoms with van der Waals surface area (Å²) in [6.07, 6.45) is -5.12. The van der Waals surface area contributed by atoms with E-state index < -0.39 is 48.6 Å². The zero-order valence-electron chi connectivity index (χ0n) is 10.9. The van der Waals surface area contributed by atoms with Crippen LogP contribution in [0.3, 0.4) is 0 Å². The van der Waals surface area contributed by atoms with Gasteiger partial charge in [-0.2, -0.15) is 0 Å². The molecule has 116 valence electrons. The van der Waals surface area contributed by atoms with Crippen LogP contribution in [0, 0.1) is 0 Å². The predicted octanol–water partition coefficient (Wildman–Crippen LogP) is -0.352. The van der Waals surface area contributed by atoms with Crippen LogP contribution >= 0.6 is 0 Å². The zero-order chi connectivity index (χ0) is 16.2. The summed E-state index contributed by atoms with van der Waals surface area (Å²) in [5.74, 6) is -4.51. The third-order valence-corrected chi connectivity index (χ3v) is 3.08. The number of hydrogen-bond acceptors (Lipinski definition) is 7. The lowest BCUT2D eigenvalue weighted by Crippen LogP contribution is -2.61. The van der Waals surface area contributed by atoms with E-state index in [2.05, 4.69) is 20.1 Å². The Balaban J connectivity index is 3.26. The van der Waals surface area contributed by atoms with Crippen LogP contribution in [0.25, 0.3) is 20.9 Å². The SMILES string of the molecule is C[C@@H](O)[C@@H](N=[N+]=[N-])C1OC(O)(C(=O)O)C[C@@H](O)[C@H]1N=[N+]=[N-]. The maximum absolute atomic E-state index is 11.0. The van der Waals surface area contributed by atoms with Crippen LogP contribution in [0.1, 0.15) is 13.3 Å². The number of carboxylic acid groups (broad SMARTS) is 1. The molecule has 1 heterocycles. The number of aliphatic hydroxyl groups excluding tert-OH is 2. The summed E-state index contributed by atoms with van der Waals surface area (Å²) in [6, 6.07) is -2.70. The van der Waals surface area contributed by atoms with Crippen LogP contribution in [0.15, 0.2) is 10.2 Å². The van der Waals surface area contributed by atoms with Gasteiger partial charge in [-0.1, -0.05) is 10.2 Å². The number of azide groups is 2. The maximum atomic E-state index is 11.0. The molecule has 0 aliphatic carbocycles. The van der Waals surface area contributed by atoms with Gasteiger partial charge in [0.25, 0.3) is 5.79 Å². The quantitative estimate of drug-likeness (QED) is 0.303. The number of hydrogen-bond donors (Lipinski definition) is 4. The Morgan fingerprint density at radius 2 is 2.10 bits per heavy atom. The van der Waals surface area contributed by atoms with E-state index in [1.807, 2.05) is 0 Å². The van der Waals surface area contributed by atoms with Gasteiger partial charge >= 0.3 is 5.97 Å². The van der Waals surface area contributed by atoms with Gasteiger partial charge in [0.15, 0.2) is 0 Å². The van der Waals surface area contributed by atoms with Gasteiger partial charge in [-0.05, 0) is 18.0 Å². The predicted molar refractivity (Wildman–Crippen MR) is 65.6 cm³/mol. The van der Waals surface area contributed by atoms with E-state index in [0.717, 1.165) is 0 Å². The van der Waals surface area contributed by atoms with Crippen molar-refractivity contribution in [2.45, 2.75) is 49.5 Å². The van der Waals surface area contributed by atoms with Gasteiger partial charge < -0.3 is 25.2 Å². The molecule has 0 aromatic heterocycles. The Labute approximate surface area is 117 Å². The van der Waals surface area contributed by atoms with E-state index in [9.17, 15) is 20.1 Å². The van der Waals surface area contributed by atoms with Gasteiger partial charge in [0.2, 0.25) is 0 Å². The molecule has 12 heteroatoms. The molecule has 1 fully saturated rings. The summed E-state index contributed by atoms with van der Waals surface area (Å²) < 4.78 is 4.95. The highest BCUT2D eigenvalue weighted by Gasteiger charge is 2.53. The van der Waals surface area contributed by atoms with Crippen LogP contribution in [0.4, 0.5) is 0 Å². The van der Waals surface area contributed by atoms with Crippen molar-refractivity contribution in [2.24, 2.45) is 10.2 Å². The summed E-state index contributed by atoms with van der Waals surface area (Å²) in [7, 11) is 0. The van der Waals surface area contributed by atoms with Gasteiger partial charge in [-0.3, -0.25) is 0 Å². The van der Waals surface area contributed by atoms with Crippen molar-refractivity contribution in [3.05, 3.63) is 20.9 Å². The molecule has 0 aromatic carbocycles. The minimum atomic E-state index is -2.75. The van der Waals surface area contributed by atoms with Gasteiger partial charge in [0, 0.05) is 16.2 Å². The Morgan fingerprint density at radius 1 is 1.48 bits per heavy atom. The standard InChI is InChI=1S/C9H14N6O6/c1-3(16)5(12-14-10)7-6(13-15-11)4(17)2-9(20,21-7)8(18)19/h3-7,16-17,20H,2H2,1H3,(H,18,19)/t3-,4-,5-,6-,7?,9?/m1/s1. The molecule has 2 unspecified atom stereocenters. The molecule has 1 saturated heterocycles. The lowest BCUT2D eigenvalue weighted by atomic mass is 9.88. The molecule has 12 nitrogen and oxygen atoms in total. The molecule has 0 radical (unpaired) electrons. The van der Waals surface area contributed by atoms with Crippen LogP contribution < -0.4 is 0 Å². The highest BCUT2D eigenvalue weighted by atomic mass is 16.7. The second-order valence-corrected chi connectivity index (χ2v) is 4.58. The molecule has 0 spiro atoms. The average molecular weight is 302 g/mol. The molecule has 4 N–H and O–H groups in total. The van der Waals surface area contributed by atoms with E-state index in [4.69, 9.17) is 20.9 Å². The zero-order valence-corrected chi connectivity index (χ0v) is 10.9. The first-order valence-corrected chi connectivity index (χ1v) is 5.85. The van der Waals surface area contributed by atoms with Crippen molar-refractivity contribution in [1.29, 1.82) is 0 Å². The fraction of sp³-hybridized carbons (Fsp3) is 0.889. The van der Waals surface area contributed by atoms with Crippen molar-refractivity contribution in [3.8, 4) is 0 Å². The second kappa shape index (κ2) is 6.59. The lowest BCUT2D eigenvalue weighted by molar-refractivity contribution is -0.279. The fourth-order valence-electron chi connectivity index (χ4n) is 2.07. The fourth-order valence-corrected chi connectivity index (χ4v) is 2.07. The Hall–Kier alpha value is -2.07. The number of carbonyl (C=O) groups is 1. The summed E-state index contributed by atoms with van der Waals surface area (Å²) in [5.41, 5.74) is 17.0. The summed E-state index contributed by atoms with van der Waals surface area (Å²) in [4.78, 5) is 16.0. The Bertz CT molecular complexity index is 481. The topological polar surface area (TPSA) is 205 Å². The van der Waals surface area contributed by atoms with E-state index in [1.54, 1.807) is 0 Å². The monoisotopic (exact) mass is 302 g/mol. The van der Waals surface area contributed by atoms with E-state index in [1.165, 1.54) is 6.92 Å². The molecular weight excluding hydrogens is 288 g/mol. The van der Waals surface area contributed by atoms with Crippen LogP contribution in [0.2, 0.25) is 0 Å². The molecule has 0 bridgehead atoms. The van der Waals surface area contributed by atoms with Crippen LogP contribution in [-0.4, -0.2) is 62.6 Å².